The van der Waals surface area contributed by atoms with Crippen LogP contribution in [-0.2, 0) is 6.54 Å². The van der Waals surface area contributed by atoms with E-state index in [1.165, 1.54) is 6.07 Å². The van der Waals surface area contributed by atoms with Crippen LogP contribution in [0.2, 0.25) is 0 Å². The van der Waals surface area contributed by atoms with Crippen LogP contribution in [0.5, 0.6) is 0 Å². The number of halogens is 1. The SMILES string of the molecule is CC1CCCN(Cc2ccc(F)c(C#N)c2)C1CO. The van der Waals surface area contributed by atoms with Gasteiger partial charge in [0.1, 0.15) is 11.9 Å². The van der Waals surface area contributed by atoms with Gasteiger partial charge in [-0.3, -0.25) is 4.90 Å². The average Bonchev–Trinajstić information content (AvgIpc) is 2.41. The number of benzene rings is 1. The van der Waals surface area contributed by atoms with E-state index in [9.17, 15) is 9.50 Å². The molecule has 19 heavy (non-hydrogen) atoms. The molecule has 0 aromatic heterocycles. The van der Waals surface area contributed by atoms with E-state index in [-0.39, 0.29) is 18.2 Å². The Labute approximate surface area is 113 Å². The maximum absolute atomic E-state index is 13.3. The highest BCUT2D eigenvalue weighted by molar-refractivity contribution is 5.34. The minimum atomic E-state index is -0.475. The second-order valence-corrected chi connectivity index (χ2v) is 5.27. The lowest BCUT2D eigenvalue weighted by Crippen LogP contribution is -2.45. The van der Waals surface area contributed by atoms with Gasteiger partial charge in [0.25, 0.3) is 0 Å². The molecule has 2 atom stereocenters. The van der Waals surface area contributed by atoms with E-state index in [4.69, 9.17) is 5.26 Å². The molecular weight excluding hydrogens is 243 g/mol. The fraction of sp³-hybridized carbons (Fsp3) is 0.533. The predicted molar refractivity (Wildman–Crippen MR) is 70.8 cm³/mol. The number of hydrogen-bond donors (Lipinski definition) is 1. The molecule has 0 aliphatic carbocycles. The lowest BCUT2D eigenvalue weighted by atomic mass is 9.91. The molecule has 2 rings (SSSR count). The van der Waals surface area contributed by atoms with Gasteiger partial charge >= 0.3 is 0 Å². The van der Waals surface area contributed by atoms with Crippen LogP contribution in [0.3, 0.4) is 0 Å². The zero-order chi connectivity index (χ0) is 13.8. The number of rotatable bonds is 3. The molecule has 1 saturated heterocycles. The van der Waals surface area contributed by atoms with Gasteiger partial charge in [-0.15, -0.1) is 0 Å². The van der Waals surface area contributed by atoms with E-state index in [1.54, 1.807) is 12.1 Å². The summed E-state index contributed by atoms with van der Waals surface area (Å²) in [5, 5.41) is 18.3. The third kappa shape index (κ3) is 3.12. The maximum Gasteiger partial charge on any atom is 0.140 e. The summed E-state index contributed by atoms with van der Waals surface area (Å²) in [6.07, 6.45) is 2.25. The van der Waals surface area contributed by atoms with Gasteiger partial charge in [-0.2, -0.15) is 5.26 Å². The molecule has 1 fully saturated rings. The van der Waals surface area contributed by atoms with Crippen LogP contribution in [-0.4, -0.2) is 29.2 Å². The number of nitriles is 1. The van der Waals surface area contributed by atoms with Crippen LogP contribution in [0.4, 0.5) is 4.39 Å². The van der Waals surface area contributed by atoms with Crippen LogP contribution >= 0.6 is 0 Å². The van der Waals surface area contributed by atoms with Gasteiger partial charge in [-0.05, 0) is 43.0 Å². The van der Waals surface area contributed by atoms with E-state index in [2.05, 4.69) is 11.8 Å². The van der Waals surface area contributed by atoms with Crippen molar-refractivity contribution in [1.82, 2.24) is 4.90 Å². The normalized spacial score (nSPS) is 24.1. The number of aliphatic hydroxyl groups is 1. The van der Waals surface area contributed by atoms with E-state index in [1.807, 2.05) is 6.07 Å². The number of likely N-dealkylation sites (tertiary alicyclic amines) is 1. The monoisotopic (exact) mass is 262 g/mol. The zero-order valence-corrected chi connectivity index (χ0v) is 11.1. The molecule has 1 aromatic rings. The van der Waals surface area contributed by atoms with E-state index in [0.29, 0.717) is 12.5 Å². The molecule has 1 aliphatic rings. The standard InChI is InChI=1S/C15H19FN2O/c1-11-3-2-6-18(15(11)10-19)9-12-4-5-14(16)13(7-12)8-17/h4-5,7,11,15,19H,2-3,6,9-10H2,1H3. The third-order valence-corrected chi connectivity index (χ3v) is 3.95. The summed E-state index contributed by atoms with van der Waals surface area (Å²) in [4.78, 5) is 2.22. The first-order valence-corrected chi connectivity index (χ1v) is 6.69. The van der Waals surface area contributed by atoms with Crippen LogP contribution in [0, 0.1) is 23.1 Å². The molecule has 1 N–H and O–H groups in total. The second-order valence-electron chi connectivity index (χ2n) is 5.27. The molecule has 2 unspecified atom stereocenters. The Kier molecular flexibility index (Phi) is 4.52. The van der Waals surface area contributed by atoms with E-state index < -0.39 is 5.82 Å². The minimum Gasteiger partial charge on any atom is -0.395 e. The molecule has 0 spiro atoms. The van der Waals surface area contributed by atoms with Crippen molar-refractivity contribution in [2.45, 2.75) is 32.4 Å². The second kappa shape index (κ2) is 6.14. The van der Waals surface area contributed by atoms with Gasteiger partial charge in [0.05, 0.1) is 12.2 Å². The first-order chi connectivity index (χ1) is 9.15. The van der Waals surface area contributed by atoms with Crippen LogP contribution in [0.1, 0.15) is 30.9 Å². The fourth-order valence-electron chi connectivity index (χ4n) is 2.82. The summed E-state index contributed by atoms with van der Waals surface area (Å²) in [5.74, 6) is -0.00777. The summed E-state index contributed by atoms with van der Waals surface area (Å²) in [7, 11) is 0. The van der Waals surface area contributed by atoms with Crippen molar-refractivity contribution in [3.8, 4) is 6.07 Å². The third-order valence-electron chi connectivity index (χ3n) is 3.95. The summed E-state index contributed by atoms with van der Waals surface area (Å²) < 4.78 is 13.3. The quantitative estimate of drug-likeness (QED) is 0.909. The van der Waals surface area contributed by atoms with Gasteiger partial charge in [0.2, 0.25) is 0 Å². The molecular formula is C15H19FN2O. The van der Waals surface area contributed by atoms with Gasteiger partial charge in [-0.25, -0.2) is 4.39 Å². The smallest absolute Gasteiger partial charge is 0.140 e. The van der Waals surface area contributed by atoms with Crippen LogP contribution in [0.25, 0.3) is 0 Å². The molecule has 1 heterocycles. The molecule has 0 bridgehead atoms. The first kappa shape index (κ1) is 14.0. The summed E-state index contributed by atoms with van der Waals surface area (Å²) in [6.45, 7) is 3.89. The highest BCUT2D eigenvalue weighted by Crippen LogP contribution is 2.25. The van der Waals surface area contributed by atoms with Crippen molar-refractivity contribution in [3.63, 3.8) is 0 Å². The predicted octanol–water partition coefficient (Wildman–Crippen LogP) is 2.29. The molecule has 3 nitrogen and oxygen atoms in total. The van der Waals surface area contributed by atoms with Crippen molar-refractivity contribution in [2.24, 2.45) is 5.92 Å². The van der Waals surface area contributed by atoms with E-state index in [0.717, 1.165) is 24.9 Å². The lowest BCUT2D eigenvalue weighted by Gasteiger charge is -2.39. The van der Waals surface area contributed by atoms with Gasteiger partial charge < -0.3 is 5.11 Å². The Hall–Kier alpha value is -1.44. The van der Waals surface area contributed by atoms with E-state index >= 15 is 0 Å². The van der Waals surface area contributed by atoms with Crippen LogP contribution in [0.15, 0.2) is 18.2 Å². The van der Waals surface area contributed by atoms with Crippen LogP contribution < -0.4 is 0 Å². The number of piperidine rings is 1. The Morgan fingerprint density at radius 1 is 1.53 bits per heavy atom. The van der Waals surface area contributed by atoms with Crippen molar-refractivity contribution >= 4 is 0 Å². The topological polar surface area (TPSA) is 47.3 Å². The summed E-state index contributed by atoms with van der Waals surface area (Å²) >= 11 is 0. The molecule has 0 saturated carbocycles. The Morgan fingerprint density at radius 3 is 3.00 bits per heavy atom. The summed E-state index contributed by atoms with van der Waals surface area (Å²) in [6, 6.07) is 6.68. The zero-order valence-electron chi connectivity index (χ0n) is 11.1. The minimum absolute atomic E-state index is 0.0862. The maximum atomic E-state index is 13.3. The van der Waals surface area contributed by atoms with Gasteiger partial charge in [0, 0.05) is 12.6 Å². The first-order valence-electron chi connectivity index (χ1n) is 6.69. The Morgan fingerprint density at radius 2 is 2.32 bits per heavy atom. The van der Waals surface area contributed by atoms with Crippen molar-refractivity contribution in [3.05, 3.63) is 35.1 Å². The van der Waals surface area contributed by atoms with Gasteiger partial charge in [0.15, 0.2) is 0 Å². The molecule has 0 amide bonds. The van der Waals surface area contributed by atoms with Crippen molar-refractivity contribution in [1.29, 1.82) is 5.26 Å². The van der Waals surface area contributed by atoms with Gasteiger partial charge in [-0.1, -0.05) is 13.0 Å². The number of nitrogens with zero attached hydrogens (tertiary/aromatic N) is 2. The average molecular weight is 262 g/mol. The van der Waals surface area contributed by atoms with Crippen molar-refractivity contribution in [2.75, 3.05) is 13.2 Å². The largest absolute Gasteiger partial charge is 0.395 e. The van der Waals surface area contributed by atoms with Crippen molar-refractivity contribution < 1.29 is 9.50 Å². The highest BCUT2D eigenvalue weighted by Gasteiger charge is 2.27. The molecule has 4 heteroatoms. The number of aliphatic hydroxyl groups excluding tert-OH is 1. The Balaban J connectivity index is 2.14. The molecule has 1 aliphatic heterocycles. The number of hydrogen-bond acceptors (Lipinski definition) is 3. The fourth-order valence-corrected chi connectivity index (χ4v) is 2.82. The molecule has 1 aromatic carbocycles. The molecule has 0 radical (unpaired) electrons. The summed E-state index contributed by atoms with van der Waals surface area (Å²) in [5.41, 5.74) is 1.01. The lowest BCUT2D eigenvalue weighted by molar-refractivity contribution is 0.0472. The highest BCUT2D eigenvalue weighted by atomic mass is 19.1. The molecule has 102 valence electrons. The Bertz CT molecular complexity index is 484.